The van der Waals surface area contributed by atoms with Crippen molar-refractivity contribution in [3.63, 3.8) is 0 Å². The van der Waals surface area contributed by atoms with Crippen LogP contribution < -0.4 is 0 Å². The lowest BCUT2D eigenvalue weighted by molar-refractivity contribution is 1.10. The van der Waals surface area contributed by atoms with E-state index in [1.807, 2.05) is 48.5 Å². The molecule has 0 saturated carbocycles. The molecule has 0 atom stereocenters. The first-order chi connectivity index (χ1) is 12.8. The lowest BCUT2D eigenvalue weighted by atomic mass is 10.0. The predicted molar refractivity (Wildman–Crippen MR) is 102 cm³/mol. The summed E-state index contributed by atoms with van der Waals surface area (Å²) in [6, 6.07) is 19.5. The molecule has 0 aliphatic carbocycles. The monoisotopic (exact) mass is 334 g/mol. The molecule has 0 radical (unpaired) electrons. The van der Waals surface area contributed by atoms with Crippen LogP contribution in [0.25, 0.3) is 15.7 Å². The number of hydrogen-bond acceptors (Lipinski definition) is 2. The predicted octanol–water partition coefficient (Wildman–Crippen LogP) is 4.50. The van der Waals surface area contributed by atoms with Crippen molar-refractivity contribution in [1.29, 1.82) is 0 Å². The first kappa shape index (κ1) is 15.6. The Morgan fingerprint density at radius 2 is 1.88 bits per heavy atom. The van der Waals surface area contributed by atoms with Gasteiger partial charge in [0.25, 0.3) is 0 Å². The molecule has 0 aliphatic heterocycles. The minimum atomic E-state index is 0.661. The zero-order valence-corrected chi connectivity index (χ0v) is 13.9. The number of aromatic nitrogens is 3. The van der Waals surface area contributed by atoms with Crippen molar-refractivity contribution in [3.8, 4) is 11.8 Å². The number of aromatic amines is 1. The van der Waals surface area contributed by atoms with E-state index in [9.17, 15) is 0 Å². The van der Waals surface area contributed by atoms with E-state index in [1.165, 1.54) is 0 Å². The smallest absolute Gasteiger partial charge is 0.187 e. The number of fused-ring (bicyclic) bond motifs is 1. The molecule has 2 heterocycles. The first-order valence-electron chi connectivity index (χ1n) is 8.18. The third kappa shape index (κ3) is 3.31. The van der Waals surface area contributed by atoms with Crippen molar-refractivity contribution in [3.05, 3.63) is 101 Å². The second-order valence-corrected chi connectivity index (χ2v) is 5.87. The summed E-state index contributed by atoms with van der Waals surface area (Å²) in [5.41, 5.74) is 5.32. The molecule has 2 aromatic carbocycles. The van der Waals surface area contributed by atoms with Crippen LogP contribution >= 0.6 is 0 Å². The number of benzene rings is 2. The second kappa shape index (κ2) is 6.93. The van der Waals surface area contributed by atoms with Crippen molar-refractivity contribution >= 4 is 16.6 Å². The van der Waals surface area contributed by atoms with Gasteiger partial charge >= 0.3 is 0 Å². The number of hydrogen-bond donors (Lipinski definition) is 1. The molecule has 4 nitrogen and oxygen atoms in total. The maximum Gasteiger partial charge on any atom is 0.187 e. The van der Waals surface area contributed by atoms with Gasteiger partial charge in [0.1, 0.15) is 11.4 Å². The van der Waals surface area contributed by atoms with Gasteiger partial charge in [-0.15, -0.1) is 0 Å². The van der Waals surface area contributed by atoms with Crippen LogP contribution in [0.1, 0.15) is 22.5 Å². The normalized spacial score (nSPS) is 10.1. The fourth-order valence-corrected chi connectivity index (χ4v) is 2.80. The summed E-state index contributed by atoms with van der Waals surface area (Å²) in [7, 11) is 0. The SMILES string of the molecule is [C-]#[N+]c1cccc(Cc2ccc3n[nH]c(C#Cc4ccccn4)c3c2)c1. The molecule has 0 amide bonds. The van der Waals surface area contributed by atoms with Gasteiger partial charge in [-0.3, -0.25) is 5.10 Å². The summed E-state index contributed by atoms with van der Waals surface area (Å²) in [6.45, 7) is 7.14. The maximum atomic E-state index is 7.14. The zero-order valence-electron chi connectivity index (χ0n) is 13.9. The Labute approximate surface area is 151 Å². The molecule has 0 saturated heterocycles. The average Bonchev–Trinajstić information content (AvgIpc) is 3.09. The van der Waals surface area contributed by atoms with Gasteiger partial charge < -0.3 is 0 Å². The summed E-state index contributed by atoms with van der Waals surface area (Å²) in [4.78, 5) is 7.71. The summed E-state index contributed by atoms with van der Waals surface area (Å²) < 4.78 is 0. The Morgan fingerprint density at radius 1 is 0.962 bits per heavy atom. The number of nitrogens with zero attached hydrogens (tertiary/aromatic N) is 3. The van der Waals surface area contributed by atoms with Crippen LogP contribution in [-0.4, -0.2) is 15.2 Å². The fraction of sp³-hybridized carbons (Fsp3) is 0.0455. The molecule has 0 spiro atoms. The van der Waals surface area contributed by atoms with Crippen molar-refractivity contribution in [1.82, 2.24) is 15.2 Å². The molecule has 4 rings (SSSR count). The maximum absolute atomic E-state index is 7.14. The van der Waals surface area contributed by atoms with Gasteiger partial charge in [-0.05, 0) is 48.1 Å². The van der Waals surface area contributed by atoms with Crippen LogP contribution in [0.4, 0.5) is 5.69 Å². The van der Waals surface area contributed by atoms with Crippen molar-refractivity contribution in [2.24, 2.45) is 0 Å². The molecule has 0 aliphatic rings. The molecule has 0 fully saturated rings. The number of pyridine rings is 1. The Hall–Kier alpha value is -3.89. The largest absolute Gasteiger partial charge is 0.269 e. The van der Waals surface area contributed by atoms with Crippen LogP contribution in [0, 0.1) is 18.4 Å². The van der Waals surface area contributed by atoms with Gasteiger partial charge in [-0.25, -0.2) is 9.83 Å². The van der Waals surface area contributed by atoms with Gasteiger partial charge in [-0.2, -0.15) is 5.10 Å². The summed E-state index contributed by atoms with van der Waals surface area (Å²) in [5, 5.41) is 8.31. The quantitative estimate of drug-likeness (QED) is 0.433. The minimum Gasteiger partial charge on any atom is -0.269 e. The third-order valence-corrected chi connectivity index (χ3v) is 4.05. The molecule has 26 heavy (non-hydrogen) atoms. The topological polar surface area (TPSA) is 45.9 Å². The highest BCUT2D eigenvalue weighted by Crippen LogP contribution is 2.21. The number of rotatable bonds is 2. The van der Waals surface area contributed by atoms with Crippen LogP contribution in [0.5, 0.6) is 0 Å². The van der Waals surface area contributed by atoms with Crippen LogP contribution in [0.2, 0.25) is 0 Å². The van der Waals surface area contributed by atoms with Gasteiger partial charge in [0.15, 0.2) is 5.69 Å². The molecule has 0 unspecified atom stereocenters. The Bertz CT molecular complexity index is 1170. The lowest BCUT2D eigenvalue weighted by Gasteiger charge is -2.03. The van der Waals surface area contributed by atoms with E-state index in [1.54, 1.807) is 6.20 Å². The molecule has 1 N–H and O–H groups in total. The van der Waals surface area contributed by atoms with Crippen molar-refractivity contribution in [2.45, 2.75) is 6.42 Å². The van der Waals surface area contributed by atoms with Gasteiger partial charge in [0, 0.05) is 11.6 Å². The van der Waals surface area contributed by atoms with Gasteiger partial charge in [0.2, 0.25) is 0 Å². The van der Waals surface area contributed by atoms with E-state index < -0.39 is 0 Å². The van der Waals surface area contributed by atoms with Crippen molar-refractivity contribution in [2.75, 3.05) is 0 Å². The van der Waals surface area contributed by atoms with E-state index in [-0.39, 0.29) is 0 Å². The molecular formula is C22H14N4. The van der Waals surface area contributed by atoms with E-state index in [2.05, 4.69) is 44.0 Å². The number of H-pyrrole nitrogens is 1. The molecule has 2 aromatic heterocycles. The molecule has 4 heteroatoms. The highest BCUT2D eigenvalue weighted by Gasteiger charge is 2.05. The molecular weight excluding hydrogens is 320 g/mol. The minimum absolute atomic E-state index is 0.661. The standard InChI is InChI=1S/C22H14N4/c1-23-19-7-4-5-16(14-19)13-17-8-10-21-20(15-17)22(26-25-21)11-9-18-6-2-3-12-24-18/h2-8,10,12,14-15H,13H2,(H,25,26). The highest BCUT2D eigenvalue weighted by atomic mass is 15.1. The van der Waals surface area contributed by atoms with Gasteiger partial charge in [-0.1, -0.05) is 42.0 Å². The van der Waals surface area contributed by atoms with Gasteiger partial charge in [0.05, 0.1) is 12.1 Å². The fourth-order valence-electron chi connectivity index (χ4n) is 2.80. The van der Waals surface area contributed by atoms with Crippen molar-refractivity contribution < 1.29 is 0 Å². The number of nitrogens with one attached hydrogen (secondary N) is 1. The Kier molecular flexibility index (Phi) is 4.16. The molecule has 4 aromatic rings. The molecule has 122 valence electrons. The summed E-state index contributed by atoms with van der Waals surface area (Å²) in [5.74, 6) is 6.18. The first-order valence-corrected chi connectivity index (χ1v) is 8.18. The van der Waals surface area contributed by atoms with Crippen LogP contribution in [0.3, 0.4) is 0 Å². The van der Waals surface area contributed by atoms with E-state index in [4.69, 9.17) is 6.57 Å². The second-order valence-electron chi connectivity index (χ2n) is 5.87. The highest BCUT2D eigenvalue weighted by molar-refractivity contribution is 5.84. The van der Waals surface area contributed by atoms with E-state index in [0.717, 1.165) is 39.8 Å². The zero-order chi connectivity index (χ0) is 17.8. The Morgan fingerprint density at radius 3 is 2.73 bits per heavy atom. The van der Waals surface area contributed by atoms with E-state index >= 15 is 0 Å². The average molecular weight is 334 g/mol. The Balaban J connectivity index is 1.66. The molecule has 0 bridgehead atoms. The summed E-state index contributed by atoms with van der Waals surface area (Å²) >= 11 is 0. The van der Waals surface area contributed by atoms with Crippen LogP contribution in [0.15, 0.2) is 66.9 Å². The summed E-state index contributed by atoms with van der Waals surface area (Å²) in [6.07, 6.45) is 2.49. The van der Waals surface area contributed by atoms with E-state index in [0.29, 0.717) is 5.69 Å². The van der Waals surface area contributed by atoms with Crippen LogP contribution in [-0.2, 0) is 6.42 Å². The lowest BCUT2D eigenvalue weighted by Crippen LogP contribution is -1.88. The third-order valence-electron chi connectivity index (χ3n) is 4.05.